The highest BCUT2D eigenvalue weighted by atomic mass is 16.5. The predicted octanol–water partition coefficient (Wildman–Crippen LogP) is 2.09. The van der Waals surface area contributed by atoms with Crippen LogP contribution < -0.4 is 10.1 Å². The zero-order valence-corrected chi connectivity index (χ0v) is 11.5. The van der Waals surface area contributed by atoms with Crippen LogP contribution >= 0.6 is 0 Å². The minimum atomic E-state index is 0.530. The molecule has 0 aromatic heterocycles. The van der Waals surface area contributed by atoms with Gasteiger partial charge in [-0.05, 0) is 19.2 Å². The fourth-order valence-corrected chi connectivity index (χ4v) is 2.48. The van der Waals surface area contributed by atoms with Gasteiger partial charge in [-0.2, -0.15) is 0 Å². The van der Waals surface area contributed by atoms with E-state index in [-0.39, 0.29) is 0 Å². The normalized spacial score (nSPS) is 17.8. The largest absolute Gasteiger partial charge is 0.493 e. The predicted molar refractivity (Wildman–Crippen MR) is 75.3 cm³/mol. The number of nitrogens with zero attached hydrogens (tertiary/aromatic N) is 1. The van der Waals surface area contributed by atoms with Crippen LogP contribution in [0.4, 0.5) is 0 Å². The SMILES string of the molecule is CCNCCN(CC)CC1COc2ccccc21. The van der Waals surface area contributed by atoms with Crippen molar-refractivity contribution in [2.75, 3.05) is 39.3 Å². The Morgan fingerprint density at radius 1 is 1.33 bits per heavy atom. The van der Waals surface area contributed by atoms with Gasteiger partial charge in [-0.15, -0.1) is 0 Å². The van der Waals surface area contributed by atoms with Gasteiger partial charge in [0.15, 0.2) is 0 Å². The number of ether oxygens (including phenoxy) is 1. The molecule has 1 aliphatic heterocycles. The smallest absolute Gasteiger partial charge is 0.122 e. The topological polar surface area (TPSA) is 24.5 Å². The van der Waals surface area contributed by atoms with Gasteiger partial charge in [0.2, 0.25) is 0 Å². The van der Waals surface area contributed by atoms with Crippen LogP contribution in [0.2, 0.25) is 0 Å². The van der Waals surface area contributed by atoms with Gasteiger partial charge < -0.3 is 15.0 Å². The summed E-state index contributed by atoms with van der Waals surface area (Å²) in [6, 6.07) is 8.43. The zero-order chi connectivity index (χ0) is 12.8. The summed E-state index contributed by atoms with van der Waals surface area (Å²) in [5.41, 5.74) is 1.37. The van der Waals surface area contributed by atoms with E-state index in [1.807, 2.05) is 6.07 Å². The van der Waals surface area contributed by atoms with Gasteiger partial charge in [0.25, 0.3) is 0 Å². The number of para-hydroxylation sites is 1. The average Bonchev–Trinajstić information content (AvgIpc) is 2.81. The van der Waals surface area contributed by atoms with E-state index in [9.17, 15) is 0 Å². The Morgan fingerprint density at radius 3 is 2.94 bits per heavy atom. The standard InChI is InChI=1S/C15H24N2O/c1-3-16-9-10-17(4-2)11-13-12-18-15-8-6-5-7-14(13)15/h5-8,13,16H,3-4,9-12H2,1-2H3. The van der Waals surface area contributed by atoms with E-state index >= 15 is 0 Å². The molecule has 0 aliphatic carbocycles. The molecule has 0 fully saturated rings. The minimum Gasteiger partial charge on any atom is -0.493 e. The van der Waals surface area contributed by atoms with Crippen molar-refractivity contribution in [2.45, 2.75) is 19.8 Å². The second kappa shape index (κ2) is 6.76. The van der Waals surface area contributed by atoms with Crippen LogP contribution in [0.5, 0.6) is 5.75 Å². The van der Waals surface area contributed by atoms with Gasteiger partial charge in [-0.3, -0.25) is 0 Å². The lowest BCUT2D eigenvalue weighted by Gasteiger charge is -2.23. The summed E-state index contributed by atoms with van der Waals surface area (Å²) in [5, 5.41) is 3.38. The van der Waals surface area contributed by atoms with Crippen molar-refractivity contribution in [1.82, 2.24) is 10.2 Å². The van der Waals surface area contributed by atoms with Crippen molar-refractivity contribution in [3.8, 4) is 5.75 Å². The second-order valence-corrected chi connectivity index (χ2v) is 4.79. The van der Waals surface area contributed by atoms with Crippen LogP contribution in [0.25, 0.3) is 0 Å². The average molecular weight is 248 g/mol. The zero-order valence-electron chi connectivity index (χ0n) is 11.5. The van der Waals surface area contributed by atoms with Crippen LogP contribution in [0.1, 0.15) is 25.3 Å². The molecule has 2 rings (SSSR count). The molecule has 0 bridgehead atoms. The van der Waals surface area contributed by atoms with Crippen LogP contribution in [0.3, 0.4) is 0 Å². The monoisotopic (exact) mass is 248 g/mol. The highest BCUT2D eigenvalue weighted by Gasteiger charge is 2.24. The van der Waals surface area contributed by atoms with Crippen molar-refractivity contribution >= 4 is 0 Å². The molecule has 0 saturated carbocycles. The van der Waals surface area contributed by atoms with E-state index in [0.717, 1.165) is 45.1 Å². The molecule has 1 aliphatic rings. The van der Waals surface area contributed by atoms with E-state index < -0.39 is 0 Å². The highest BCUT2D eigenvalue weighted by Crippen LogP contribution is 2.33. The Bertz CT molecular complexity index is 367. The molecular formula is C15H24N2O. The minimum absolute atomic E-state index is 0.530. The maximum Gasteiger partial charge on any atom is 0.122 e. The van der Waals surface area contributed by atoms with Crippen LogP contribution in [0, 0.1) is 0 Å². The molecule has 1 atom stereocenters. The first-order chi connectivity index (χ1) is 8.85. The number of rotatable bonds is 7. The third kappa shape index (κ3) is 3.24. The fraction of sp³-hybridized carbons (Fsp3) is 0.600. The van der Waals surface area contributed by atoms with Crippen molar-refractivity contribution in [1.29, 1.82) is 0 Å². The Hall–Kier alpha value is -1.06. The summed E-state index contributed by atoms with van der Waals surface area (Å²) in [7, 11) is 0. The summed E-state index contributed by atoms with van der Waals surface area (Å²) in [6.45, 7) is 10.6. The molecule has 0 amide bonds. The Kier molecular flexibility index (Phi) is 5.02. The Labute approximate surface area is 110 Å². The van der Waals surface area contributed by atoms with E-state index in [4.69, 9.17) is 4.74 Å². The van der Waals surface area contributed by atoms with Gasteiger partial charge in [0.1, 0.15) is 5.75 Å². The van der Waals surface area contributed by atoms with Crippen LogP contribution in [-0.2, 0) is 0 Å². The molecule has 1 aromatic rings. The first-order valence-corrected chi connectivity index (χ1v) is 7.00. The number of fused-ring (bicyclic) bond motifs is 1. The lowest BCUT2D eigenvalue weighted by molar-refractivity contribution is 0.242. The molecule has 0 saturated heterocycles. The van der Waals surface area contributed by atoms with E-state index in [1.54, 1.807) is 0 Å². The van der Waals surface area contributed by atoms with Gasteiger partial charge >= 0.3 is 0 Å². The molecule has 1 heterocycles. The first kappa shape index (κ1) is 13.4. The lowest BCUT2D eigenvalue weighted by atomic mass is 10.0. The van der Waals surface area contributed by atoms with Gasteiger partial charge in [-0.25, -0.2) is 0 Å². The Balaban J connectivity index is 1.89. The second-order valence-electron chi connectivity index (χ2n) is 4.79. The Morgan fingerprint density at radius 2 is 2.17 bits per heavy atom. The summed E-state index contributed by atoms with van der Waals surface area (Å²) >= 11 is 0. The molecule has 0 radical (unpaired) electrons. The molecule has 3 heteroatoms. The highest BCUT2D eigenvalue weighted by molar-refractivity contribution is 5.39. The summed E-state index contributed by atoms with van der Waals surface area (Å²) < 4.78 is 5.74. The van der Waals surface area contributed by atoms with Crippen molar-refractivity contribution in [3.63, 3.8) is 0 Å². The van der Waals surface area contributed by atoms with Crippen molar-refractivity contribution in [3.05, 3.63) is 29.8 Å². The summed E-state index contributed by atoms with van der Waals surface area (Å²) in [4.78, 5) is 2.50. The van der Waals surface area contributed by atoms with E-state index in [1.165, 1.54) is 5.56 Å². The van der Waals surface area contributed by atoms with E-state index in [0.29, 0.717) is 5.92 Å². The molecule has 3 nitrogen and oxygen atoms in total. The molecular weight excluding hydrogens is 224 g/mol. The fourth-order valence-electron chi connectivity index (χ4n) is 2.48. The number of benzene rings is 1. The number of hydrogen-bond donors (Lipinski definition) is 1. The van der Waals surface area contributed by atoms with Gasteiger partial charge in [-0.1, -0.05) is 32.0 Å². The molecule has 1 aromatic carbocycles. The van der Waals surface area contributed by atoms with Crippen molar-refractivity contribution in [2.24, 2.45) is 0 Å². The quantitative estimate of drug-likeness (QED) is 0.748. The number of hydrogen-bond acceptors (Lipinski definition) is 3. The molecule has 18 heavy (non-hydrogen) atoms. The van der Waals surface area contributed by atoms with Gasteiger partial charge in [0.05, 0.1) is 6.61 Å². The van der Waals surface area contributed by atoms with Crippen LogP contribution in [-0.4, -0.2) is 44.2 Å². The van der Waals surface area contributed by atoms with Crippen molar-refractivity contribution < 1.29 is 4.74 Å². The molecule has 1 N–H and O–H groups in total. The molecule has 1 unspecified atom stereocenters. The maximum absolute atomic E-state index is 5.74. The maximum atomic E-state index is 5.74. The first-order valence-electron chi connectivity index (χ1n) is 7.00. The van der Waals surface area contributed by atoms with Crippen LogP contribution in [0.15, 0.2) is 24.3 Å². The lowest BCUT2D eigenvalue weighted by Crippen LogP contribution is -2.35. The summed E-state index contributed by atoms with van der Waals surface area (Å²) in [5.74, 6) is 1.60. The molecule has 0 spiro atoms. The van der Waals surface area contributed by atoms with Gasteiger partial charge in [0, 0.05) is 31.1 Å². The third-order valence-corrected chi connectivity index (χ3v) is 3.58. The van der Waals surface area contributed by atoms with E-state index in [2.05, 4.69) is 42.3 Å². The molecule has 100 valence electrons. The number of nitrogens with one attached hydrogen (secondary N) is 1. The third-order valence-electron chi connectivity index (χ3n) is 3.58. The summed E-state index contributed by atoms with van der Waals surface area (Å²) in [6.07, 6.45) is 0. The number of likely N-dealkylation sites (N-methyl/N-ethyl adjacent to an activating group) is 2.